The van der Waals surface area contributed by atoms with Crippen molar-refractivity contribution in [3.8, 4) is 0 Å². The van der Waals surface area contributed by atoms with E-state index in [1.54, 1.807) is 6.92 Å². The van der Waals surface area contributed by atoms with E-state index in [1.165, 1.54) is 18.2 Å². The number of fused-ring (bicyclic) bond motifs is 1. The molecule has 0 aromatic heterocycles. The Balaban J connectivity index is 1.70. The van der Waals surface area contributed by atoms with Crippen LogP contribution in [0.4, 0.5) is 10.1 Å². The van der Waals surface area contributed by atoms with Crippen molar-refractivity contribution in [2.45, 2.75) is 19.4 Å². The largest absolute Gasteiger partial charge is 0.396 e. The quantitative estimate of drug-likeness (QED) is 0.748. The third-order valence-corrected chi connectivity index (χ3v) is 4.50. The van der Waals surface area contributed by atoms with E-state index in [9.17, 15) is 19.1 Å². The van der Waals surface area contributed by atoms with Crippen molar-refractivity contribution in [1.29, 1.82) is 0 Å². The average Bonchev–Trinajstić information content (AvgIpc) is 2.96. The minimum absolute atomic E-state index is 0.0928. The molecule has 3 rings (SSSR count). The molecule has 6 heteroatoms. The number of hydrogen-bond acceptors (Lipinski definition) is 3. The molecule has 2 aromatic rings. The van der Waals surface area contributed by atoms with Crippen LogP contribution in [0.5, 0.6) is 0 Å². The van der Waals surface area contributed by atoms with Gasteiger partial charge < -0.3 is 15.7 Å². The number of halogens is 1. The zero-order valence-corrected chi connectivity index (χ0v) is 13.8. The van der Waals surface area contributed by atoms with Crippen LogP contribution < -0.4 is 10.6 Å². The molecule has 130 valence electrons. The van der Waals surface area contributed by atoms with Gasteiger partial charge in [-0.3, -0.25) is 9.59 Å². The van der Waals surface area contributed by atoms with Crippen molar-refractivity contribution in [2.24, 2.45) is 5.92 Å². The number of rotatable bonds is 3. The van der Waals surface area contributed by atoms with Crippen molar-refractivity contribution in [3.63, 3.8) is 0 Å². The van der Waals surface area contributed by atoms with E-state index in [0.717, 1.165) is 11.1 Å². The molecular weight excluding hydrogens is 323 g/mol. The topological polar surface area (TPSA) is 78.4 Å². The third kappa shape index (κ3) is 3.53. The second kappa shape index (κ2) is 7.03. The summed E-state index contributed by atoms with van der Waals surface area (Å²) in [5.41, 5.74) is 2.63. The Morgan fingerprint density at radius 3 is 2.68 bits per heavy atom. The number of anilines is 1. The summed E-state index contributed by atoms with van der Waals surface area (Å²) in [4.78, 5) is 24.3. The first-order valence-corrected chi connectivity index (χ1v) is 8.06. The molecule has 0 saturated carbocycles. The maximum atomic E-state index is 13.5. The van der Waals surface area contributed by atoms with E-state index in [-0.39, 0.29) is 18.2 Å². The minimum Gasteiger partial charge on any atom is -0.396 e. The Bertz CT molecular complexity index is 822. The van der Waals surface area contributed by atoms with Crippen LogP contribution in [0.3, 0.4) is 0 Å². The molecule has 0 saturated heterocycles. The lowest BCUT2D eigenvalue weighted by molar-refractivity contribution is -0.136. The molecule has 2 aromatic carbocycles. The van der Waals surface area contributed by atoms with Crippen LogP contribution in [-0.2, 0) is 16.0 Å². The van der Waals surface area contributed by atoms with Gasteiger partial charge in [0.05, 0.1) is 6.04 Å². The highest BCUT2D eigenvalue weighted by molar-refractivity contribution is 6.39. The molecule has 0 radical (unpaired) electrons. The zero-order valence-electron chi connectivity index (χ0n) is 13.8. The van der Waals surface area contributed by atoms with Gasteiger partial charge in [-0.05, 0) is 42.2 Å². The Labute approximate surface area is 144 Å². The van der Waals surface area contributed by atoms with Crippen molar-refractivity contribution >= 4 is 17.5 Å². The van der Waals surface area contributed by atoms with Gasteiger partial charge >= 0.3 is 11.8 Å². The van der Waals surface area contributed by atoms with Crippen LogP contribution >= 0.6 is 0 Å². The fourth-order valence-corrected chi connectivity index (χ4v) is 3.11. The van der Waals surface area contributed by atoms with Gasteiger partial charge in [-0.1, -0.05) is 30.3 Å². The zero-order chi connectivity index (χ0) is 18.0. The Morgan fingerprint density at radius 1 is 1.20 bits per heavy atom. The summed E-state index contributed by atoms with van der Waals surface area (Å²) in [7, 11) is 0. The molecular formula is C19H19FN2O3. The molecule has 0 unspecified atom stereocenters. The van der Waals surface area contributed by atoms with Gasteiger partial charge in [0.25, 0.3) is 0 Å². The fourth-order valence-electron chi connectivity index (χ4n) is 3.11. The SMILES string of the molecule is Cc1ccc(NC(=O)C(=O)N[C@H]2c3ccccc3C[C@H]2CO)cc1F. The van der Waals surface area contributed by atoms with Crippen LogP contribution in [0.15, 0.2) is 42.5 Å². The van der Waals surface area contributed by atoms with Gasteiger partial charge in [0, 0.05) is 18.2 Å². The number of aryl methyl sites for hydroxylation is 1. The molecule has 5 nitrogen and oxygen atoms in total. The number of carbonyl (C=O) groups excluding carboxylic acids is 2. The van der Waals surface area contributed by atoms with E-state index in [1.807, 2.05) is 24.3 Å². The molecule has 0 spiro atoms. The molecule has 1 aliphatic rings. The van der Waals surface area contributed by atoms with Crippen molar-refractivity contribution in [3.05, 3.63) is 65.0 Å². The lowest BCUT2D eigenvalue weighted by atomic mass is 10.0. The van der Waals surface area contributed by atoms with Crippen LogP contribution in [0.25, 0.3) is 0 Å². The van der Waals surface area contributed by atoms with Crippen LogP contribution in [0.1, 0.15) is 22.7 Å². The smallest absolute Gasteiger partial charge is 0.313 e. The van der Waals surface area contributed by atoms with Crippen molar-refractivity contribution < 1.29 is 19.1 Å². The first-order chi connectivity index (χ1) is 12.0. The van der Waals surface area contributed by atoms with E-state index >= 15 is 0 Å². The van der Waals surface area contributed by atoms with E-state index in [4.69, 9.17) is 0 Å². The monoisotopic (exact) mass is 342 g/mol. The maximum Gasteiger partial charge on any atom is 0.313 e. The summed E-state index contributed by atoms with van der Waals surface area (Å²) in [5, 5.41) is 14.6. The molecule has 0 bridgehead atoms. The number of hydrogen-bond donors (Lipinski definition) is 3. The van der Waals surface area contributed by atoms with Crippen molar-refractivity contribution in [1.82, 2.24) is 5.32 Å². The lowest BCUT2D eigenvalue weighted by Gasteiger charge is -2.20. The highest BCUT2D eigenvalue weighted by atomic mass is 19.1. The Morgan fingerprint density at radius 2 is 1.96 bits per heavy atom. The third-order valence-electron chi connectivity index (χ3n) is 4.50. The second-order valence-electron chi connectivity index (χ2n) is 6.21. The summed E-state index contributed by atoms with van der Waals surface area (Å²) < 4.78 is 13.5. The van der Waals surface area contributed by atoms with Crippen LogP contribution in [0.2, 0.25) is 0 Å². The fraction of sp³-hybridized carbons (Fsp3) is 0.263. The second-order valence-corrected chi connectivity index (χ2v) is 6.21. The maximum absolute atomic E-state index is 13.5. The number of nitrogens with one attached hydrogen (secondary N) is 2. The normalized spacial score (nSPS) is 18.5. The van der Waals surface area contributed by atoms with Gasteiger partial charge in [-0.2, -0.15) is 0 Å². The van der Waals surface area contributed by atoms with Gasteiger partial charge in [0.1, 0.15) is 5.82 Å². The molecule has 25 heavy (non-hydrogen) atoms. The number of benzene rings is 2. The summed E-state index contributed by atoms with van der Waals surface area (Å²) in [6.45, 7) is 1.52. The Hall–Kier alpha value is -2.73. The van der Waals surface area contributed by atoms with Gasteiger partial charge in [0.15, 0.2) is 0 Å². The summed E-state index contributed by atoms with van der Waals surface area (Å²) in [6, 6.07) is 11.4. The Kier molecular flexibility index (Phi) is 4.81. The van der Waals surface area contributed by atoms with Gasteiger partial charge in [0.2, 0.25) is 0 Å². The number of amides is 2. The molecule has 0 fully saturated rings. The summed E-state index contributed by atoms with van der Waals surface area (Å²) >= 11 is 0. The number of carbonyl (C=O) groups is 2. The lowest BCUT2D eigenvalue weighted by Crippen LogP contribution is -2.40. The van der Waals surface area contributed by atoms with Gasteiger partial charge in [-0.25, -0.2) is 4.39 Å². The highest BCUT2D eigenvalue weighted by Gasteiger charge is 2.34. The van der Waals surface area contributed by atoms with Gasteiger partial charge in [-0.15, -0.1) is 0 Å². The standard InChI is InChI=1S/C19H19FN2O3/c1-11-6-7-14(9-16(11)20)21-18(24)19(25)22-17-13(10-23)8-12-4-2-3-5-15(12)17/h2-7,9,13,17,23H,8,10H2,1H3,(H,21,24)(H,22,25)/t13-,17+/m0/s1. The average molecular weight is 342 g/mol. The predicted molar refractivity (Wildman–Crippen MR) is 91.4 cm³/mol. The minimum atomic E-state index is -0.871. The van der Waals surface area contributed by atoms with Crippen molar-refractivity contribution in [2.75, 3.05) is 11.9 Å². The number of aliphatic hydroxyl groups excluding tert-OH is 1. The summed E-state index contributed by atoms with van der Waals surface area (Å²) in [6.07, 6.45) is 0.641. The number of aliphatic hydroxyl groups is 1. The van der Waals surface area contributed by atoms with E-state index in [2.05, 4.69) is 10.6 Å². The molecule has 2 amide bonds. The van der Waals surface area contributed by atoms with E-state index < -0.39 is 23.7 Å². The van der Waals surface area contributed by atoms with Crippen LogP contribution in [0, 0.1) is 18.7 Å². The first kappa shape index (κ1) is 17.1. The molecule has 0 aliphatic heterocycles. The highest BCUT2D eigenvalue weighted by Crippen LogP contribution is 2.35. The molecule has 0 heterocycles. The molecule has 1 aliphatic carbocycles. The molecule has 3 N–H and O–H groups in total. The predicted octanol–water partition coefficient (Wildman–Crippen LogP) is 2.09. The molecule has 2 atom stereocenters. The van der Waals surface area contributed by atoms with Crippen LogP contribution in [-0.4, -0.2) is 23.5 Å². The summed E-state index contributed by atoms with van der Waals surface area (Å²) in [5.74, 6) is -2.32. The first-order valence-electron chi connectivity index (χ1n) is 8.06. The van der Waals surface area contributed by atoms with E-state index in [0.29, 0.717) is 12.0 Å².